The van der Waals surface area contributed by atoms with Gasteiger partial charge in [-0.3, -0.25) is 0 Å². The number of benzene rings is 5. The van der Waals surface area contributed by atoms with Gasteiger partial charge >= 0.3 is 0 Å². The normalized spacial score (nSPS) is 14.7. The van der Waals surface area contributed by atoms with E-state index in [1.54, 1.807) is 6.92 Å². The second-order valence-corrected chi connectivity index (χ2v) is 10.7. The molecule has 44 heavy (non-hydrogen) atoms. The molecule has 0 aliphatic carbocycles. The van der Waals surface area contributed by atoms with E-state index in [0.29, 0.717) is 0 Å². The molecule has 0 aliphatic rings. The lowest BCUT2D eigenvalue weighted by Gasteiger charge is -2.24. The van der Waals surface area contributed by atoms with E-state index in [-0.39, 0.29) is 30.2 Å². The standard InChI is InChI=1S/C15H18N2.C14H16N2.C9H13NO/c1-17-15(13-10-6-3-7-11-13)14(16)12-8-4-2-5-9-12;15-13(11-7-3-1-4-8-11)14(16)12-9-5-2-6-10-12;1-7(10)9(11)8-5-3-2-4-6-8/h2-11,14-15,17H,16H2,1H3;1-10,13-14H,15-16H2;2-7,9,11H,10H2,1H3. The average Bonchev–Trinajstić information content (AvgIpc) is 3.10. The molecule has 0 aromatic heterocycles. The minimum Gasteiger partial charge on any atom is -0.387 e. The number of hydrogen-bond donors (Lipinski definition) is 6. The molecule has 0 heterocycles. The Morgan fingerprint density at radius 2 is 0.705 bits per heavy atom. The van der Waals surface area contributed by atoms with E-state index in [0.717, 1.165) is 22.3 Å². The monoisotopic (exact) mass is 589 g/mol. The van der Waals surface area contributed by atoms with Gasteiger partial charge in [0.2, 0.25) is 0 Å². The minimum absolute atomic E-state index is 0.0383. The van der Waals surface area contributed by atoms with Crippen molar-refractivity contribution in [3.63, 3.8) is 0 Å². The van der Waals surface area contributed by atoms with Crippen LogP contribution in [0.3, 0.4) is 0 Å². The molecule has 6 nitrogen and oxygen atoms in total. The fourth-order valence-electron chi connectivity index (χ4n) is 4.80. The highest BCUT2D eigenvalue weighted by Crippen LogP contribution is 2.26. The van der Waals surface area contributed by atoms with Gasteiger partial charge in [-0.2, -0.15) is 0 Å². The first kappa shape index (κ1) is 34.4. The topological polar surface area (TPSA) is 136 Å². The highest BCUT2D eigenvalue weighted by Gasteiger charge is 2.19. The number of rotatable bonds is 9. The largest absolute Gasteiger partial charge is 0.387 e. The third-order valence-electron chi connectivity index (χ3n) is 7.41. The highest BCUT2D eigenvalue weighted by molar-refractivity contribution is 5.28. The third kappa shape index (κ3) is 10.5. The molecular formula is C38H47N5O. The van der Waals surface area contributed by atoms with Gasteiger partial charge in [0, 0.05) is 24.2 Å². The Kier molecular flexibility index (Phi) is 14.4. The van der Waals surface area contributed by atoms with Gasteiger partial charge in [-0.15, -0.1) is 0 Å². The summed E-state index contributed by atoms with van der Waals surface area (Å²) in [6.07, 6.45) is -0.545. The Morgan fingerprint density at radius 3 is 1.00 bits per heavy atom. The van der Waals surface area contributed by atoms with E-state index < -0.39 is 6.10 Å². The highest BCUT2D eigenvalue weighted by atomic mass is 16.3. The summed E-state index contributed by atoms with van der Waals surface area (Å²) in [7, 11) is 1.94. The predicted octanol–water partition coefficient (Wildman–Crippen LogP) is 6.10. The molecule has 6 heteroatoms. The van der Waals surface area contributed by atoms with Gasteiger partial charge in [0.1, 0.15) is 0 Å². The van der Waals surface area contributed by atoms with Crippen molar-refractivity contribution in [2.75, 3.05) is 7.05 Å². The number of aliphatic hydroxyl groups is 1. The summed E-state index contributed by atoms with van der Waals surface area (Å²) in [5.74, 6) is 0. The Morgan fingerprint density at radius 1 is 0.432 bits per heavy atom. The molecule has 0 radical (unpaired) electrons. The summed E-state index contributed by atoms with van der Waals surface area (Å²) in [4.78, 5) is 0. The fraction of sp³-hybridized carbons (Fsp3) is 0.211. The maximum atomic E-state index is 9.47. The van der Waals surface area contributed by atoms with Gasteiger partial charge in [-0.1, -0.05) is 152 Å². The molecule has 0 bridgehead atoms. The van der Waals surface area contributed by atoms with E-state index in [4.69, 9.17) is 22.9 Å². The van der Waals surface area contributed by atoms with Crippen molar-refractivity contribution in [3.05, 3.63) is 179 Å². The van der Waals surface area contributed by atoms with Crippen molar-refractivity contribution in [1.29, 1.82) is 0 Å². The Bertz CT molecular complexity index is 1380. The molecule has 5 rings (SSSR count). The lowest BCUT2D eigenvalue weighted by molar-refractivity contribution is 0.153. The van der Waals surface area contributed by atoms with E-state index in [1.165, 1.54) is 5.56 Å². The van der Waals surface area contributed by atoms with Crippen LogP contribution in [-0.2, 0) is 0 Å². The Labute approximate surface area is 262 Å². The number of nitrogens with one attached hydrogen (secondary N) is 1. The first-order chi connectivity index (χ1) is 21.3. The van der Waals surface area contributed by atoms with Crippen LogP contribution in [0.4, 0.5) is 0 Å². The molecule has 5 aromatic rings. The molecule has 6 unspecified atom stereocenters. The number of nitrogens with two attached hydrogens (primary N) is 4. The van der Waals surface area contributed by atoms with E-state index >= 15 is 0 Å². The van der Waals surface area contributed by atoms with Crippen LogP contribution in [0.15, 0.2) is 152 Å². The van der Waals surface area contributed by atoms with Crippen LogP contribution in [0.5, 0.6) is 0 Å². The molecular weight excluding hydrogens is 542 g/mol. The summed E-state index contributed by atoms with van der Waals surface area (Å²) in [6.45, 7) is 1.79. The molecule has 0 fully saturated rings. The van der Waals surface area contributed by atoms with Crippen LogP contribution in [0.25, 0.3) is 0 Å². The SMILES string of the molecule is CC(N)C(O)c1ccccc1.CNC(c1ccccc1)C(N)c1ccccc1.NC(c1ccccc1)C(N)c1ccccc1. The van der Waals surface area contributed by atoms with Crippen LogP contribution < -0.4 is 28.3 Å². The van der Waals surface area contributed by atoms with Crippen LogP contribution >= 0.6 is 0 Å². The summed E-state index contributed by atoms with van der Waals surface area (Å²) in [5.41, 5.74) is 29.5. The molecule has 10 N–H and O–H groups in total. The van der Waals surface area contributed by atoms with Gasteiger partial charge in [-0.05, 0) is 41.8 Å². The summed E-state index contributed by atoms with van der Waals surface area (Å²) >= 11 is 0. The molecule has 0 saturated carbocycles. The van der Waals surface area contributed by atoms with Gasteiger partial charge in [0.15, 0.2) is 0 Å². The molecule has 6 atom stereocenters. The van der Waals surface area contributed by atoms with Gasteiger partial charge < -0.3 is 33.4 Å². The summed E-state index contributed by atoms with van der Waals surface area (Å²) < 4.78 is 0. The fourth-order valence-corrected chi connectivity index (χ4v) is 4.80. The van der Waals surface area contributed by atoms with Crippen LogP contribution in [0, 0.1) is 0 Å². The predicted molar refractivity (Wildman–Crippen MR) is 183 cm³/mol. The van der Waals surface area contributed by atoms with E-state index in [2.05, 4.69) is 29.6 Å². The first-order valence-electron chi connectivity index (χ1n) is 15.0. The summed E-state index contributed by atoms with van der Waals surface area (Å²) in [5, 5.41) is 12.8. The Balaban J connectivity index is 0.000000185. The zero-order valence-corrected chi connectivity index (χ0v) is 25.7. The van der Waals surface area contributed by atoms with Gasteiger partial charge in [0.25, 0.3) is 0 Å². The maximum absolute atomic E-state index is 9.47. The van der Waals surface area contributed by atoms with Crippen molar-refractivity contribution >= 4 is 0 Å². The van der Waals surface area contributed by atoms with Crippen molar-refractivity contribution in [2.45, 2.75) is 43.2 Å². The van der Waals surface area contributed by atoms with Crippen molar-refractivity contribution in [1.82, 2.24) is 5.32 Å². The van der Waals surface area contributed by atoms with Crippen molar-refractivity contribution < 1.29 is 5.11 Å². The average molecular weight is 590 g/mol. The van der Waals surface area contributed by atoms with E-state index in [9.17, 15) is 5.11 Å². The van der Waals surface area contributed by atoms with Crippen molar-refractivity contribution in [3.8, 4) is 0 Å². The smallest absolute Gasteiger partial charge is 0.0938 e. The third-order valence-corrected chi connectivity index (χ3v) is 7.41. The van der Waals surface area contributed by atoms with Crippen LogP contribution in [0.1, 0.15) is 65.0 Å². The maximum Gasteiger partial charge on any atom is 0.0938 e. The molecule has 230 valence electrons. The lowest BCUT2D eigenvalue weighted by Crippen LogP contribution is -2.29. The van der Waals surface area contributed by atoms with Crippen LogP contribution in [0.2, 0.25) is 0 Å². The molecule has 0 saturated heterocycles. The van der Waals surface area contributed by atoms with Crippen LogP contribution in [-0.4, -0.2) is 18.2 Å². The molecule has 0 spiro atoms. The van der Waals surface area contributed by atoms with E-state index in [1.807, 2.05) is 134 Å². The number of hydrogen-bond acceptors (Lipinski definition) is 6. The minimum atomic E-state index is -0.545. The van der Waals surface area contributed by atoms with Gasteiger partial charge in [0.05, 0.1) is 12.1 Å². The first-order valence-corrected chi connectivity index (χ1v) is 15.0. The number of aliphatic hydroxyl groups excluding tert-OH is 1. The Hall–Kier alpha value is -4.14. The molecule has 5 aromatic carbocycles. The van der Waals surface area contributed by atoms with Gasteiger partial charge in [-0.25, -0.2) is 0 Å². The molecule has 0 aliphatic heterocycles. The number of likely N-dealkylation sites (N-methyl/N-ethyl adjacent to an activating group) is 1. The van der Waals surface area contributed by atoms with Crippen molar-refractivity contribution in [2.24, 2.45) is 22.9 Å². The lowest BCUT2D eigenvalue weighted by atomic mass is 9.94. The quantitative estimate of drug-likeness (QED) is 0.123. The zero-order chi connectivity index (χ0) is 31.7. The second-order valence-electron chi connectivity index (χ2n) is 10.7. The zero-order valence-electron chi connectivity index (χ0n) is 25.7. The summed E-state index contributed by atoms with van der Waals surface area (Å²) in [6, 6.07) is 49.4. The second kappa shape index (κ2) is 18.5. The molecule has 0 amide bonds.